The number of aliphatic hydroxyl groups is 1. The van der Waals surface area contributed by atoms with Gasteiger partial charge in [-0.05, 0) is 36.1 Å². The van der Waals surface area contributed by atoms with Crippen LogP contribution in [0.15, 0.2) is 54.6 Å². The van der Waals surface area contributed by atoms with E-state index >= 15 is 0 Å². The second-order valence-corrected chi connectivity index (χ2v) is 5.25. The van der Waals surface area contributed by atoms with Crippen molar-refractivity contribution in [2.24, 2.45) is 0 Å². The highest BCUT2D eigenvalue weighted by Gasteiger charge is 2.15. The fourth-order valence-corrected chi connectivity index (χ4v) is 2.50. The number of aliphatic hydroxyl groups excluding tert-OH is 1. The van der Waals surface area contributed by atoms with E-state index in [9.17, 15) is 9.50 Å². The first kappa shape index (κ1) is 15.7. The van der Waals surface area contributed by atoms with Crippen LogP contribution in [0, 0.1) is 5.82 Å². The molecule has 0 saturated carbocycles. The number of halogens is 1. The van der Waals surface area contributed by atoms with Gasteiger partial charge in [0.2, 0.25) is 0 Å². The predicted octanol–water partition coefficient (Wildman–Crippen LogP) is 3.47. The molecule has 0 aliphatic rings. The van der Waals surface area contributed by atoms with Crippen molar-refractivity contribution in [2.75, 3.05) is 6.61 Å². The number of benzene rings is 2. The maximum absolute atomic E-state index is 13.0. The minimum Gasteiger partial charge on any atom is -0.395 e. The van der Waals surface area contributed by atoms with Crippen LogP contribution in [0.3, 0.4) is 0 Å². The molecule has 0 aromatic heterocycles. The molecule has 0 spiro atoms. The number of hydrogen-bond acceptors (Lipinski definition) is 2. The quantitative estimate of drug-likeness (QED) is 0.817. The van der Waals surface area contributed by atoms with E-state index in [1.165, 1.54) is 17.7 Å². The molecule has 112 valence electrons. The normalized spacial score (nSPS) is 13.9. The third kappa shape index (κ3) is 4.66. The minimum absolute atomic E-state index is 0.0117. The molecular formula is C18H22FNO. The average molecular weight is 287 g/mol. The Bertz CT molecular complexity index is 527. The molecule has 0 radical (unpaired) electrons. The molecule has 2 N–H and O–H groups in total. The SMILES string of the molecule is CCC(NC(CO)Cc1ccccc1)c1ccc(F)cc1. The molecule has 21 heavy (non-hydrogen) atoms. The van der Waals surface area contributed by atoms with E-state index in [4.69, 9.17) is 0 Å². The molecule has 2 aromatic rings. The van der Waals surface area contributed by atoms with E-state index in [-0.39, 0.29) is 24.5 Å². The lowest BCUT2D eigenvalue weighted by Gasteiger charge is -2.24. The van der Waals surface area contributed by atoms with Gasteiger partial charge in [-0.15, -0.1) is 0 Å². The lowest BCUT2D eigenvalue weighted by atomic mass is 10.0. The summed E-state index contributed by atoms with van der Waals surface area (Å²) in [5, 5.41) is 13.1. The van der Waals surface area contributed by atoms with Crippen LogP contribution in [0.5, 0.6) is 0 Å². The van der Waals surface area contributed by atoms with Gasteiger partial charge >= 0.3 is 0 Å². The van der Waals surface area contributed by atoms with Gasteiger partial charge in [0.1, 0.15) is 5.82 Å². The summed E-state index contributed by atoms with van der Waals surface area (Å²) in [5.74, 6) is -0.225. The lowest BCUT2D eigenvalue weighted by Crippen LogP contribution is -2.37. The van der Waals surface area contributed by atoms with Gasteiger partial charge in [-0.3, -0.25) is 0 Å². The Kier molecular flexibility index (Phi) is 5.90. The molecule has 2 unspecified atom stereocenters. The molecule has 0 fully saturated rings. The Labute approximate surface area is 125 Å². The van der Waals surface area contributed by atoms with Crippen LogP contribution < -0.4 is 5.32 Å². The van der Waals surface area contributed by atoms with E-state index in [2.05, 4.69) is 24.4 Å². The Morgan fingerprint density at radius 3 is 2.29 bits per heavy atom. The zero-order valence-electron chi connectivity index (χ0n) is 12.3. The second kappa shape index (κ2) is 7.91. The summed E-state index contributed by atoms with van der Waals surface area (Å²) in [6, 6.07) is 16.8. The van der Waals surface area contributed by atoms with Gasteiger partial charge in [-0.1, -0.05) is 49.4 Å². The topological polar surface area (TPSA) is 32.3 Å². The van der Waals surface area contributed by atoms with Gasteiger partial charge < -0.3 is 10.4 Å². The van der Waals surface area contributed by atoms with Gasteiger partial charge in [0.15, 0.2) is 0 Å². The Morgan fingerprint density at radius 1 is 1.05 bits per heavy atom. The maximum atomic E-state index is 13.0. The molecule has 2 nitrogen and oxygen atoms in total. The molecule has 3 heteroatoms. The minimum atomic E-state index is -0.225. The highest BCUT2D eigenvalue weighted by molar-refractivity contribution is 5.21. The van der Waals surface area contributed by atoms with E-state index in [0.29, 0.717) is 0 Å². The molecule has 0 bridgehead atoms. The Hall–Kier alpha value is -1.71. The summed E-state index contributed by atoms with van der Waals surface area (Å²) in [7, 11) is 0. The number of nitrogens with one attached hydrogen (secondary N) is 1. The number of rotatable bonds is 7. The Morgan fingerprint density at radius 2 is 1.71 bits per heavy atom. The van der Waals surface area contributed by atoms with Crippen molar-refractivity contribution in [3.8, 4) is 0 Å². The first-order valence-electron chi connectivity index (χ1n) is 7.39. The van der Waals surface area contributed by atoms with Gasteiger partial charge in [0.05, 0.1) is 6.61 Å². The fourth-order valence-electron chi connectivity index (χ4n) is 2.50. The van der Waals surface area contributed by atoms with Crippen LogP contribution in [-0.2, 0) is 6.42 Å². The first-order chi connectivity index (χ1) is 10.2. The van der Waals surface area contributed by atoms with Gasteiger partial charge in [0, 0.05) is 12.1 Å². The first-order valence-corrected chi connectivity index (χ1v) is 7.39. The highest BCUT2D eigenvalue weighted by atomic mass is 19.1. The zero-order valence-corrected chi connectivity index (χ0v) is 12.3. The van der Waals surface area contributed by atoms with Crippen molar-refractivity contribution >= 4 is 0 Å². The summed E-state index contributed by atoms with van der Waals surface area (Å²) >= 11 is 0. The van der Waals surface area contributed by atoms with E-state index in [1.807, 2.05) is 18.2 Å². The van der Waals surface area contributed by atoms with E-state index in [0.717, 1.165) is 18.4 Å². The molecule has 0 amide bonds. The smallest absolute Gasteiger partial charge is 0.123 e. The maximum Gasteiger partial charge on any atom is 0.123 e. The van der Waals surface area contributed by atoms with Gasteiger partial charge in [0.25, 0.3) is 0 Å². The molecule has 0 heterocycles. The lowest BCUT2D eigenvalue weighted by molar-refractivity contribution is 0.229. The molecule has 0 aliphatic carbocycles. The van der Waals surface area contributed by atoms with Crippen LogP contribution >= 0.6 is 0 Å². The van der Waals surface area contributed by atoms with Gasteiger partial charge in [-0.25, -0.2) is 4.39 Å². The highest BCUT2D eigenvalue weighted by Crippen LogP contribution is 2.18. The van der Waals surface area contributed by atoms with E-state index < -0.39 is 0 Å². The molecule has 0 aliphatic heterocycles. The largest absolute Gasteiger partial charge is 0.395 e. The van der Waals surface area contributed by atoms with Crippen LogP contribution in [0.2, 0.25) is 0 Å². The predicted molar refractivity (Wildman–Crippen MR) is 83.6 cm³/mol. The third-order valence-electron chi connectivity index (χ3n) is 3.66. The summed E-state index contributed by atoms with van der Waals surface area (Å²) in [5.41, 5.74) is 2.24. The number of hydrogen-bond donors (Lipinski definition) is 2. The van der Waals surface area contributed by atoms with Crippen LogP contribution in [0.1, 0.15) is 30.5 Å². The van der Waals surface area contributed by atoms with Crippen molar-refractivity contribution in [1.82, 2.24) is 5.32 Å². The second-order valence-electron chi connectivity index (χ2n) is 5.25. The van der Waals surface area contributed by atoms with Crippen LogP contribution in [0.4, 0.5) is 4.39 Å². The molecule has 2 atom stereocenters. The Balaban J connectivity index is 2.03. The molecule has 2 aromatic carbocycles. The summed E-state index contributed by atoms with van der Waals surface area (Å²) in [4.78, 5) is 0. The average Bonchev–Trinajstić information content (AvgIpc) is 2.53. The summed E-state index contributed by atoms with van der Waals surface area (Å²) in [6.45, 7) is 2.16. The summed E-state index contributed by atoms with van der Waals surface area (Å²) in [6.07, 6.45) is 1.66. The van der Waals surface area contributed by atoms with Crippen LogP contribution in [0.25, 0.3) is 0 Å². The standard InChI is InChI=1S/C18H22FNO/c1-2-18(15-8-10-16(19)11-9-15)20-17(13-21)12-14-6-4-3-5-7-14/h3-11,17-18,20-21H,2,12-13H2,1H3. The van der Waals surface area contributed by atoms with E-state index in [1.54, 1.807) is 12.1 Å². The van der Waals surface area contributed by atoms with Crippen LogP contribution in [-0.4, -0.2) is 17.8 Å². The van der Waals surface area contributed by atoms with Crippen molar-refractivity contribution in [3.05, 3.63) is 71.5 Å². The van der Waals surface area contributed by atoms with Crippen molar-refractivity contribution in [2.45, 2.75) is 31.8 Å². The van der Waals surface area contributed by atoms with Gasteiger partial charge in [-0.2, -0.15) is 0 Å². The van der Waals surface area contributed by atoms with Crippen molar-refractivity contribution < 1.29 is 9.50 Å². The third-order valence-corrected chi connectivity index (χ3v) is 3.66. The molecule has 0 saturated heterocycles. The monoisotopic (exact) mass is 287 g/mol. The van der Waals surface area contributed by atoms with Crippen molar-refractivity contribution in [1.29, 1.82) is 0 Å². The molecular weight excluding hydrogens is 265 g/mol. The molecule has 2 rings (SSSR count). The zero-order chi connectivity index (χ0) is 15.1. The van der Waals surface area contributed by atoms with Crippen molar-refractivity contribution in [3.63, 3.8) is 0 Å². The fraction of sp³-hybridized carbons (Fsp3) is 0.333. The summed E-state index contributed by atoms with van der Waals surface area (Å²) < 4.78 is 13.0.